The lowest BCUT2D eigenvalue weighted by Gasteiger charge is -2.31. The lowest BCUT2D eigenvalue weighted by atomic mass is 9.75. The van der Waals surface area contributed by atoms with E-state index >= 15 is 0 Å². The van der Waals surface area contributed by atoms with Gasteiger partial charge < -0.3 is 15.5 Å². The third-order valence-electron chi connectivity index (χ3n) is 6.31. The zero-order valence-electron chi connectivity index (χ0n) is 17.0. The second-order valence-electron chi connectivity index (χ2n) is 7.45. The first-order valence-corrected chi connectivity index (χ1v) is 10.9. The summed E-state index contributed by atoms with van der Waals surface area (Å²) in [6, 6.07) is 14.5. The summed E-state index contributed by atoms with van der Waals surface area (Å²) in [5, 5.41) is 3.94. The molecule has 0 radical (unpaired) electrons. The first-order valence-electron chi connectivity index (χ1n) is 9.99. The van der Waals surface area contributed by atoms with Gasteiger partial charge in [0.25, 0.3) is 5.56 Å². The summed E-state index contributed by atoms with van der Waals surface area (Å²) < 4.78 is 6.45. The second-order valence-corrected chi connectivity index (χ2v) is 8.37. The molecule has 0 atom stereocenters. The average molecular weight is 407 g/mol. The first-order chi connectivity index (χ1) is 14.1. The molecule has 0 unspecified atom stereocenters. The van der Waals surface area contributed by atoms with Gasteiger partial charge in [-0.05, 0) is 47.5 Å². The molecule has 4 aromatic rings. The standard InChI is InChI=1S/C24H26N2O2S/c1-4-24(5-2,14-25)16-8-6-15(7-9-16)20-19(28-3)11-10-18-21(20)17-12-13-29-22(17)23(27)26-18/h6-13H,4-5,14,25H2,1-3H3,(H,26,27). The van der Waals surface area contributed by atoms with Gasteiger partial charge in [-0.3, -0.25) is 4.79 Å². The maximum Gasteiger partial charge on any atom is 0.266 e. The number of nitrogens with one attached hydrogen (secondary N) is 1. The zero-order valence-corrected chi connectivity index (χ0v) is 17.9. The van der Waals surface area contributed by atoms with Gasteiger partial charge >= 0.3 is 0 Å². The second kappa shape index (κ2) is 7.65. The minimum Gasteiger partial charge on any atom is -0.496 e. The number of aromatic amines is 1. The fourth-order valence-corrected chi connectivity index (χ4v) is 5.14. The van der Waals surface area contributed by atoms with E-state index in [0.29, 0.717) is 6.54 Å². The van der Waals surface area contributed by atoms with E-state index in [9.17, 15) is 4.79 Å². The molecular formula is C24H26N2O2S. The molecule has 0 saturated carbocycles. The number of rotatable bonds is 6. The van der Waals surface area contributed by atoms with Crippen LogP contribution in [0.15, 0.2) is 52.6 Å². The van der Waals surface area contributed by atoms with Gasteiger partial charge in [-0.15, -0.1) is 11.3 Å². The van der Waals surface area contributed by atoms with Crippen LogP contribution < -0.4 is 16.0 Å². The molecule has 0 amide bonds. The molecule has 4 rings (SSSR count). The van der Waals surface area contributed by atoms with Crippen LogP contribution in [0.25, 0.3) is 32.1 Å². The smallest absolute Gasteiger partial charge is 0.266 e. The Labute approximate surface area is 174 Å². The Balaban J connectivity index is 1.98. The molecule has 2 aromatic carbocycles. The molecule has 0 aliphatic carbocycles. The molecule has 0 fully saturated rings. The summed E-state index contributed by atoms with van der Waals surface area (Å²) in [7, 11) is 1.68. The number of aromatic nitrogens is 1. The Morgan fingerprint density at radius 3 is 2.41 bits per heavy atom. The highest BCUT2D eigenvalue weighted by Crippen LogP contribution is 2.41. The van der Waals surface area contributed by atoms with E-state index in [4.69, 9.17) is 10.5 Å². The van der Waals surface area contributed by atoms with E-state index in [2.05, 4.69) is 43.1 Å². The van der Waals surface area contributed by atoms with Crippen LogP contribution in [0, 0.1) is 0 Å². The quantitative estimate of drug-likeness (QED) is 0.448. The fraction of sp³-hybridized carbons (Fsp3) is 0.292. The van der Waals surface area contributed by atoms with Gasteiger partial charge in [0.1, 0.15) is 10.4 Å². The van der Waals surface area contributed by atoms with Crippen molar-refractivity contribution in [3.8, 4) is 16.9 Å². The number of nitrogens with two attached hydrogens (primary N) is 1. The van der Waals surface area contributed by atoms with E-state index < -0.39 is 0 Å². The predicted octanol–water partition coefficient (Wildman–Crippen LogP) is 5.43. The van der Waals surface area contributed by atoms with Gasteiger partial charge in [-0.1, -0.05) is 38.1 Å². The van der Waals surface area contributed by atoms with Crippen LogP contribution in [0.1, 0.15) is 32.3 Å². The van der Waals surface area contributed by atoms with Crippen molar-refractivity contribution < 1.29 is 4.74 Å². The number of hydrogen-bond acceptors (Lipinski definition) is 4. The highest BCUT2D eigenvalue weighted by atomic mass is 32.1. The summed E-state index contributed by atoms with van der Waals surface area (Å²) in [5.74, 6) is 0.792. The molecule has 0 saturated heterocycles. The normalized spacial score (nSPS) is 12.0. The molecule has 0 aliphatic heterocycles. The Bertz CT molecular complexity index is 1210. The Morgan fingerprint density at radius 2 is 1.79 bits per heavy atom. The molecule has 150 valence electrons. The number of methoxy groups -OCH3 is 1. The third-order valence-corrected chi connectivity index (χ3v) is 7.22. The molecule has 2 heterocycles. The summed E-state index contributed by atoms with van der Waals surface area (Å²) >= 11 is 1.46. The van der Waals surface area contributed by atoms with Crippen molar-refractivity contribution in [1.29, 1.82) is 0 Å². The summed E-state index contributed by atoms with van der Waals surface area (Å²) in [4.78, 5) is 15.4. The Kier molecular flexibility index (Phi) is 5.19. The van der Waals surface area contributed by atoms with Gasteiger partial charge in [0.2, 0.25) is 0 Å². The molecular weight excluding hydrogens is 380 g/mol. The van der Waals surface area contributed by atoms with Crippen LogP contribution in [0.4, 0.5) is 0 Å². The zero-order chi connectivity index (χ0) is 20.6. The largest absolute Gasteiger partial charge is 0.496 e. The number of pyridine rings is 1. The van der Waals surface area contributed by atoms with Crippen molar-refractivity contribution in [2.24, 2.45) is 5.73 Å². The van der Waals surface area contributed by atoms with Gasteiger partial charge in [-0.25, -0.2) is 0 Å². The van der Waals surface area contributed by atoms with Gasteiger partial charge in [0.15, 0.2) is 0 Å². The van der Waals surface area contributed by atoms with Crippen LogP contribution in [0.3, 0.4) is 0 Å². The number of benzene rings is 2. The molecule has 29 heavy (non-hydrogen) atoms. The summed E-state index contributed by atoms with van der Waals surface area (Å²) in [6.07, 6.45) is 2.02. The number of hydrogen-bond donors (Lipinski definition) is 2. The van der Waals surface area contributed by atoms with Gasteiger partial charge in [-0.2, -0.15) is 0 Å². The monoisotopic (exact) mass is 406 g/mol. The van der Waals surface area contributed by atoms with Crippen LogP contribution in [-0.4, -0.2) is 18.6 Å². The number of ether oxygens (including phenoxy) is 1. The molecule has 4 nitrogen and oxygen atoms in total. The van der Waals surface area contributed by atoms with Gasteiger partial charge in [0.05, 0.1) is 7.11 Å². The van der Waals surface area contributed by atoms with E-state index in [0.717, 1.165) is 50.7 Å². The number of H-pyrrole nitrogens is 1. The molecule has 0 spiro atoms. The molecule has 3 N–H and O–H groups in total. The predicted molar refractivity (Wildman–Crippen MR) is 123 cm³/mol. The van der Waals surface area contributed by atoms with Crippen molar-refractivity contribution in [3.63, 3.8) is 0 Å². The molecule has 0 bridgehead atoms. The van der Waals surface area contributed by atoms with Crippen molar-refractivity contribution in [1.82, 2.24) is 4.98 Å². The van der Waals surface area contributed by atoms with Crippen molar-refractivity contribution in [3.05, 3.63) is 63.8 Å². The molecule has 2 aromatic heterocycles. The van der Waals surface area contributed by atoms with E-state index in [-0.39, 0.29) is 11.0 Å². The van der Waals surface area contributed by atoms with Crippen LogP contribution in [0.2, 0.25) is 0 Å². The Morgan fingerprint density at radius 1 is 1.07 bits per heavy atom. The lowest BCUT2D eigenvalue weighted by Crippen LogP contribution is -2.33. The van der Waals surface area contributed by atoms with E-state index in [1.807, 2.05) is 23.6 Å². The van der Waals surface area contributed by atoms with Crippen LogP contribution in [-0.2, 0) is 5.41 Å². The fourth-order valence-electron chi connectivity index (χ4n) is 4.34. The number of fused-ring (bicyclic) bond motifs is 3. The maximum absolute atomic E-state index is 12.4. The highest BCUT2D eigenvalue weighted by molar-refractivity contribution is 7.17. The third kappa shape index (κ3) is 3.05. The van der Waals surface area contributed by atoms with Crippen molar-refractivity contribution >= 4 is 32.3 Å². The minimum absolute atomic E-state index is 0.00718. The average Bonchev–Trinajstić information content (AvgIpc) is 3.26. The van der Waals surface area contributed by atoms with Crippen LogP contribution >= 0.6 is 11.3 Å². The van der Waals surface area contributed by atoms with Crippen LogP contribution in [0.5, 0.6) is 5.75 Å². The topological polar surface area (TPSA) is 68.1 Å². The van der Waals surface area contributed by atoms with Crippen molar-refractivity contribution in [2.75, 3.05) is 13.7 Å². The van der Waals surface area contributed by atoms with Crippen molar-refractivity contribution in [2.45, 2.75) is 32.1 Å². The number of thiophene rings is 1. The molecule has 5 heteroatoms. The minimum atomic E-state index is -0.0485. The van der Waals surface area contributed by atoms with E-state index in [1.165, 1.54) is 16.9 Å². The Hall–Kier alpha value is -2.63. The van der Waals surface area contributed by atoms with E-state index in [1.54, 1.807) is 7.11 Å². The lowest BCUT2D eigenvalue weighted by molar-refractivity contribution is 0.407. The van der Waals surface area contributed by atoms with Gasteiger partial charge in [0, 0.05) is 33.8 Å². The maximum atomic E-state index is 12.4. The summed E-state index contributed by atoms with van der Waals surface area (Å²) in [6.45, 7) is 5.02. The molecule has 0 aliphatic rings. The SMILES string of the molecule is CCC(CC)(CN)c1ccc(-c2c(OC)ccc3[nH]c(=O)c4sccc4c23)cc1. The first kappa shape index (κ1) is 19.7. The highest BCUT2D eigenvalue weighted by Gasteiger charge is 2.27. The summed E-state index contributed by atoms with van der Waals surface area (Å²) in [5.41, 5.74) is 10.3.